The van der Waals surface area contributed by atoms with Crippen LogP contribution >= 0.6 is 0 Å². The number of nitrogens with zero attached hydrogens (tertiary/aromatic N) is 2. The first-order valence-electron chi connectivity index (χ1n) is 22.7. The molecule has 0 aliphatic carbocycles. The summed E-state index contributed by atoms with van der Waals surface area (Å²) in [7, 11) is 0. The third-order valence-electron chi connectivity index (χ3n) is 12.5. The van der Waals surface area contributed by atoms with Gasteiger partial charge in [-0.05, 0) is 148 Å². The smallest absolute Gasteiger partial charge is 0.0639 e. The fourth-order valence-corrected chi connectivity index (χ4v) is 9.10. The molecule has 0 unspecified atom stereocenters. The van der Waals surface area contributed by atoms with Crippen molar-refractivity contribution in [2.45, 2.75) is 0 Å². The van der Waals surface area contributed by atoms with Crippen LogP contribution in [0.15, 0.2) is 194 Å². The Balaban J connectivity index is 1.16. The van der Waals surface area contributed by atoms with Crippen molar-refractivity contribution in [3.63, 3.8) is 0 Å². The van der Waals surface area contributed by atoms with Crippen molar-refractivity contribution in [1.82, 2.24) is 0 Å². The second-order valence-corrected chi connectivity index (χ2v) is 16.5. The first-order valence-corrected chi connectivity index (χ1v) is 22.7. The molecule has 2 heteroatoms. The first-order chi connectivity index (χ1) is 35.4. The Morgan fingerprint density at radius 2 is 0.597 bits per heavy atom. The fourth-order valence-electron chi connectivity index (χ4n) is 9.10. The van der Waals surface area contributed by atoms with Crippen LogP contribution in [-0.2, 0) is 0 Å². The van der Waals surface area contributed by atoms with E-state index in [-0.39, 0.29) is 0 Å². The van der Waals surface area contributed by atoms with Gasteiger partial charge in [0, 0.05) is 56.1 Å². The number of terminal acetylenes is 8. The molecule has 330 valence electrons. The van der Waals surface area contributed by atoms with Crippen LogP contribution in [0, 0.1) is 98.8 Å². The van der Waals surface area contributed by atoms with E-state index in [9.17, 15) is 0 Å². The molecule has 0 saturated heterocycles. The monoisotopic (exact) mass is 908 g/mol. The van der Waals surface area contributed by atoms with E-state index in [1.807, 2.05) is 115 Å². The molecule has 0 fully saturated rings. The molecule has 9 rings (SSSR count). The molecule has 2 nitrogen and oxygen atoms in total. The average Bonchev–Trinajstić information content (AvgIpc) is 3.45. The minimum atomic E-state index is 0.587. The van der Waals surface area contributed by atoms with E-state index in [2.05, 4.69) is 136 Å². The van der Waals surface area contributed by atoms with E-state index in [1.54, 1.807) is 0 Å². The molecule has 9 aromatic carbocycles. The summed E-state index contributed by atoms with van der Waals surface area (Å²) in [6, 6.07) is 64.3. The van der Waals surface area contributed by atoms with Crippen molar-refractivity contribution in [2.75, 3.05) is 9.80 Å². The normalized spacial score (nSPS) is 10.1. The van der Waals surface area contributed by atoms with Crippen LogP contribution in [0.25, 0.3) is 44.5 Å². The Morgan fingerprint density at radius 1 is 0.236 bits per heavy atom. The highest BCUT2D eigenvalue weighted by Crippen LogP contribution is 2.43. The lowest BCUT2D eigenvalue weighted by atomic mass is 9.88. The van der Waals surface area contributed by atoms with Crippen molar-refractivity contribution < 1.29 is 0 Å². The molecule has 0 atom stereocenters. The molecule has 0 aliphatic heterocycles. The standard InChI is InChI=1S/C70H40N2/c1-9-49-25-21-33-67(63(49)13-5)57-45-56(46-58(47-57)68-34-22-26-50(10-2)64(68)14-6)55-29-20-32-62(48-55)72(70-36-24-28-52(12-4)66(70)16-8)61-43-39-54(40-44-61)53-37-41-60(42-38-53)71(59-30-18-17-19-31-59)69-35-23-27-51(11-3)65(69)15-7/h1-8,17-48H. The molecule has 9 aromatic rings. The second-order valence-electron chi connectivity index (χ2n) is 16.5. The largest absolute Gasteiger partial charge is 0.309 e. The van der Waals surface area contributed by atoms with Crippen LogP contribution in [0.1, 0.15) is 44.5 Å². The highest BCUT2D eigenvalue weighted by Gasteiger charge is 2.21. The summed E-state index contributed by atoms with van der Waals surface area (Å²) >= 11 is 0. The van der Waals surface area contributed by atoms with Crippen LogP contribution in [0.4, 0.5) is 34.1 Å². The number of para-hydroxylation sites is 1. The number of rotatable bonds is 10. The maximum absolute atomic E-state index is 6.27. The maximum atomic E-state index is 6.27. The Bertz CT molecular complexity index is 3850. The predicted molar refractivity (Wildman–Crippen MR) is 301 cm³/mol. The van der Waals surface area contributed by atoms with Crippen LogP contribution in [0.2, 0.25) is 0 Å². The summed E-state index contributed by atoms with van der Waals surface area (Å²) in [5.74, 6) is 22.5. The van der Waals surface area contributed by atoms with E-state index in [1.165, 1.54) is 0 Å². The SMILES string of the molecule is C#Cc1cccc(-c2cc(-c3cccc(N(c4ccc(-c5ccc(N(c6ccccc6)c6cccc(C#C)c6C#C)cc5)cc4)c4cccc(C#C)c4C#C)c3)cc(-c3cccc(C#C)c3C#C)c2)c1C#C. The molecular formula is C70H40N2. The van der Waals surface area contributed by atoms with Gasteiger partial charge < -0.3 is 9.80 Å². The minimum Gasteiger partial charge on any atom is -0.309 e. The molecule has 0 aromatic heterocycles. The van der Waals surface area contributed by atoms with Crippen molar-refractivity contribution in [2.24, 2.45) is 0 Å². The summed E-state index contributed by atoms with van der Waals surface area (Å²) in [5.41, 5.74) is 17.2. The van der Waals surface area contributed by atoms with Gasteiger partial charge >= 0.3 is 0 Å². The molecule has 0 saturated carbocycles. The summed E-state index contributed by atoms with van der Waals surface area (Å²) in [6.07, 6.45) is 48.4. The molecular weight excluding hydrogens is 869 g/mol. The predicted octanol–water partition coefficient (Wildman–Crippen LogP) is 15.1. The van der Waals surface area contributed by atoms with Crippen LogP contribution in [0.5, 0.6) is 0 Å². The number of benzene rings is 9. The Morgan fingerprint density at radius 3 is 1.03 bits per heavy atom. The van der Waals surface area contributed by atoms with Crippen LogP contribution in [0.3, 0.4) is 0 Å². The Labute approximate surface area is 423 Å². The zero-order valence-electron chi connectivity index (χ0n) is 39.0. The van der Waals surface area contributed by atoms with Gasteiger partial charge in [-0.15, -0.1) is 51.4 Å². The molecule has 72 heavy (non-hydrogen) atoms. The van der Waals surface area contributed by atoms with Gasteiger partial charge in [0.15, 0.2) is 0 Å². The third kappa shape index (κ3) is 8.72. The van der Waals surface area contributed by atoms with Gasteiger partial charge in [0.05, 0.1) is 22.5 Å². The quantitative estimate of drug-likeness (QED) is 0.126. The summed E-state index contributed by atoms with van der Waals surface area (Å²) in [5, 5.41) is 0. The van der Waals surface area contributed by atoms with Gasteiger partial charge in [-0.25, -0.2) is 0 Å². The summed E-state index contributed by atoms with van der Waals surface area (Å²) in [4.78, 5) is 4.25. The van der Waals surface area contributed by atoms with Crippen molar-refractivity contribution in [1.29, 1.82) is 0 Å². The fraction of sp³-hybridized carbons (Fsp3) is 0. The number of hydrogen-bond acceptors (Lipinski definition) is 2. The molecule has 0 heterocycles. The lowest BCUT2D eigenvalue weighted by Crippen LogP contribution is -2.12. The lowest BCUT2D eigenvalue weighted by Gasteiger charge is -2.28. The minimum absolute atomic E-state index is 0.587. The number of anilines is 6. The highest BCUT2D eigenvalue weighted by atomic mass is 15.1. The summed E-state index contributed by atoms with van der Waals surface area (Å²) in [6.45, 7) is 0. The average molecular weight is 909 g/mol. The van der Waals surface area contributed by atoms with Crippen molar-refractivity contribution in [3.8, 4) is 143 Å². The van der Waals surface area contributed by atoms with Crippen LogP contribution in [-0.4, -0.2) is 0 Å². The third-order valence-corrected chi connectivity index (χ3v) is 12.5. The molecule has 0 bridgehead atoms. The van der Waals surface area contributed by atoms with Gasteiger partial charge in [-0.3, -0.25) is 0 Å². The second kappa shape index (κ2) is 20.5. The molecule has 0 aliphatic rings. The molecule has 0 spiro atoms. The molecule has 0 amide bonds. The van der Waals surface area contributed by atoms with E-state index in [0.717, 1.165) is 78.6 Å². The van der Waals surface area contributed by atoms with Crippen molar-refractivity contribution in [3.05, 3.63) is 239 Å². The Hall–Kier alpha value is -10.9. The van der Waals surface area contributed by atoms with E-state index in [4.69, 9.17) is 51.4 Å². The zero-order chi connectivity index (χ0) is 50.1. The highest BCUT2D eigenvalue weighted by molar-refractivity contribution is 5.90. The van der Waals surface area contributed by atoms with Gasteiger partial charge in [0.25, 0.3) is 0 Å². The maximum Gasteiger partial charge on any atom is 0.0639 e. The number of hydrogen-bond donors (Lipinski definition) is 0. The first kappa shape index (κ1) is 46.2. The van der Waals surface area contributed by atoms with Gasteiger partial charge in [-0.1, -0.05) is 138 Å². The Kier molecular flexibility index (Phi) is 13.2. The zero-order valence-corrected chi connectivity index (χ0v) is 39.0. The van der Waals surface area contributed by atoms with Gasteiger partial charge in [0.2, 0.25) is 0 Å². The summed E-state index contributed by atoms with van der Waals surface area (Å²) < 4.78 is 0. The topological polar surface area (TPSA) is 6.48 Å². The van der Waals surface area contributed by atoms with Crippen LogP contribution < -0.4 is 9.80 Å². The van der Waals surface area contributed by atoms with E-state index < -0.39 is 0 Å². The molecule has 0 radical (unpaired) electrons. The molecule has 0 N–H and O–H groups in total. The van der Waals surface area contributed by atoms with E-state index in [0.29, 0.717) is 44.5 Å². The van der Waals surface area contributed by atoms with E-state index >= 15 is 0 Å². The van der Waals surface area contributed by atoms with Gasteiger partial charge in [-0.2, -0.15) is 0 Å². The van der Waals surface area contributed by atoms with Crippen molar-refractivity contribution >= 4 is 34.1 Å². The van der Waals surface area contributed by atoms with Gasteiger partial charge in [0.1, 0.15) is 0 Å². The lowest BCUT2D eigenvalue weighted by molar-refractivity contribution is 1.27.